The fourth-order valence-corrected chi connectivity index (χ4v) is 3.05. The van der Waals surface area contributed by atoms with E-state index in [9.17, 15) is 9.59 Å². The van der Waals surface area contributed by atoms with E-state index in [4.69, 9.17) is 9.47 Å². The number of carbonyl (C=O) groups excluding carboxylic acids is 2. The largest absolute Gasteiger partial charge is 0.497 e. The minimum atomic E-state index is -0.0482. The quantitative estimate of drug-likeness (QED) is 0.587. The average molecular weight is 399 g/mol. The van der Waals surface area contributed by atoms with Gasteiger partial charge in [0.15, 0.2) is 5.78 Å². The van der Waals surface area contributed by atoms with Crippen molar-refractivity contribution in [3.63, 3.8) is 0 Å². The Morgan fingerprint density at radius 1 is 0.897 bits per heavy atom. The van der Waals surface area contributed by atoms with Gasteiger partial charge in [0.25, 0.3) is 0 Å². The van der Waals surface area contributed by atoms with Gasteiger partial charge in [0, 0.05) is 24.9 Å². The highest BCUT2D eigenvalue weighted by Crippen LogP contribution is 2.21. The van der Waals surface area contributed by atoms with E-state index in [0.717, 1.165) is 11.3 Å². The van der Waals surface area contributed by atoms with Crippen LogP contribution in [0.25, 0.3) is 0 Å². The van der Waals surface area contributed by atoms with Gasteiger partial charge in [-0.3, -0.25) is 9.59 Å². The Morgan fingerprint density at radius 2 is 1.45 bits per heavy atom. The molecule has 0 aromatic heterocycles. The van der Waals surface area contributed by atoms with E-state index in [1.807, 2.05) is 38.4 Å². The molecule has 0 aliphatic heterocycles. The second-order valence-electron chi connectivity index (χ2n) is 7.06. The number of amides is 1. The molecule has 2 aromatic carbocycles. The third kappa shape index (κ3) is 6.91. The van der Waals surface area contributed by atoms with Crippen molar-refractivity contribution in [2.24, 2.45) is 0 Å². The highest BCUT2D eigenvalue weighted by molar-refractivity contribution is 5.96. The van der Waals surface area contributed by atoms with Crippen molar-refractivity contribution in [3.05, 3.63) is 59.7 Å². The second-order valence-corrected chi connectivity index (χ2v) is 7.06. The molecule has 2 aromatic rings. The third-order valence-electron chi connectivity index (χ3n) is 4.84. The van der Waals surface area contributed by atoms with Crippen molar-refractivity contribution in [2.45, 2.75) is 25.3 Å². The molecule has 2 rings (SSSR count). The molecular weight excluding hydrogens is 368 g/mol. The summed E-state index contributed by atoms with van der Waals surface area (Å²) in [6, 6.07) is 14.9. The number of ketones is 1. The molecular formula is C23H30N2O4. The summed E-state index contributed by atoms with van der Waals surface area (Å²) in [5.41, 5.74) is 1.74. The topological polar surface area (TPSA) is 67.9 Å². The summed E-state index contributed by atoms with van der Waals surface area (Å²) in [7, 11) is 7.19. The average Bonchev–Trinajstić information content (AvgIpc) is 2.74. The molecule has 0 saturated carbocycles. The van der Waals surface area contributed by atoms with Crippen LogP contribution in [0.2, 0.25) is 0 Å². The minimum Gasteiger partial charge on any atom is -0.497 e. The lowest BCUT2D eigenvalue weighted by molar-refractivity contribution is -0.121. The second kappa shape index (κ2) is 11.2. The fourth-order valence-electron chi connectivity index (χ4n) is 3.05. The Labute approximate surface area is 172 Å². The maximum absolute atomic E-state index is 12.2. The first kappa shape index (κ1) is 22.4. The van der Waals surface area contributed by atoms with Crippen LogP contribution < -0.4 is 14.8 Å². The first-order valence-electron chi connectivity index (χ1n) is 9.69. The number of carbonyl (C=O) groups is 2. The summed E-state index contributed by atoms with van der Waals surface area (Å²) in [4.78, 5) is 26.5. The summed E-state index contributed by atoms with van der Waals surface area (Å²) in [6.07, 6.45) is 1.19. The number of hydrogen-bond acceptors (Lipinski definition) is 5. The molecule has 0 bridgehead atoms. The molecule has 156 valence electrons. The van der Waals surface area contributed by atoms with E-state index >= 15 is 0 Å². The first-order valence-corrected chi connectivity index (χ1v) is 9.69. The third-order valence-corrected chi connectivity index (χ3v) is 4.84. The molecule has 6 heteroatoms. The maximum atomic E-state index is 12.2. The first-order chi connectivity index (χ1) is 13.9. The molecule has 0 fully saturated rings. The van der Waals surface area contributed by atoms with Crippen molar-refractivity contribution in [3.8, 4) is 11.5 Å². The van der Waals surface area contributed by atoms with Crippen LogP contribution in [-0.2, 0) is 4.79 Å². The van der Waals surface area contributed by atoms with Gasteiger partial charge in [-0.15, -0.1) is 0 Å². The lowest BCUT2D eigenvalue weighted by Gasteiger charge is -2.25. The van der Waals surface area contributed by atoms with Gasteiger partial charge in [0.2, 0.25) is 5.91 Å². The number of rotatable bonds is 11. The lowest BCUT2D eigenvalue weighted by Crippen LogP contribution is -2.34. The van der Waals surface area contributed by atoms with Crippen molar-refractivity contribution in [2.75, 3.05) is 34.9 Å². The number of benzene rings is 2. The number of nitrogens with one attached hydrogen (secondary N) is 1. The van der Waals surface area contributed by atoms with Crippen molar-refractivity contribution >= 4 is 11.7 Å². The van der Waals surface area contributed by atoms with Crippen molar-refractivity contribution < 1.29 is 19.1 Å². The molecule has 29 heavy (non-hydrogen) atoms. The van der Waals surface area contributed by atoms with Crippen LogP contribution in [0, 0.1) is 0 Å². The molecule has 1 amide bonds. The Bertz CT molecular complexity index is 786. The van der Waals surface area contributed by atoms with Gasteiger partial charge in [0.05, 0.1) is 20.3 Å². The van der Waals surface area contributed by atoms with Gasteiger partial charge in [-0.05, 0) is 62.5 Å². The molecule has 0 aliphatic carbocycles. The lowest BCUT2D eigenvalue weighted by atomic mass is 10.0. The number of hydrogen-bond donors (Lipinski definition) is 1. The van der Waals surface area contributed by atoms with E-state index in [1.54, 1.807) is 38.5 Å². The predicted octanol–water partition coefficient (Wildman–Crippen LogP) is 3.48. The van der Waals surface area contributed by atoms with E-state index in [-0.39, 0.29) is 17.7 Å². The summed E-state index contributed by atoms with van der Waals surface area (Å²) >= 11 is 0. The van der Waals surface area contributed by atoms with Crippen molar-refractivity contribution in [1.82, 2.24) is 10.2 Å². The Balaban J connectivity index is 1.78. The Hall–Kier alpha value is -2.86. The SMILES string of the molecule is COc1ccc(C(=O)CCCC(=O)NCC(c2ccc(OC)cc2)N(C)C)cc1. The molecule has 0 aliphatic rings. The molecule has 0 saturated heterocycles. The smallest absolute Gasteiger partial charge is 0.220 e. The zero-order valence-corrected chi connectivity index (χ0v) is 17.6. The minimum absolute atomic E-state index is 0.0323. The van der Waals surface area contributed by atoms with Crippen LogP contribution in [0.5, 0.6) is 11.5 Å². The molecule has 6 nitrogen and oxygen atoms in total. The van der Waals surface area contributed by atoms with E-state index in [2.05, 4.69) is 10.2 Å². The number of likely N-dealkylation sites (N-methyl/N-ethyl adjacent to an activating group) is 1. The van der Waals surface area contributed by atoms with Crippen LogP contribution in [0.4, 0.5) is 0 Å². The summed E-state index contributed by atoms with van der Waals surface area (Å²) in [6.45, 7) is 0.505. The highest BCUT2D eigenvalue weighted by Gasteiger charge is 2.16. The van der Waals surface area contributed by atoms with E-state index < -0.39 is 0 Å². The van der Waals surface area contributed by atoms with E-state index in [0.29, 0.717) is 37.1 Å². The van der Waals surface area contributed by atoms with Crippen LogP contribution in [0.3, 0.4) is 0 Å². The van der Waals surface area contributed by atoms with Crippen LogP contribution in [0.15, 0.2) is 48.5 Å². The van der Waals surface area contributed by atoms with Gasteiger partial charge >= 0.3 is 0 Å². The zero-order chi connectivity index (χ0) is 21.2. The molecule has 0 heterocycles. The van der Waals surface area contributed by atoms with Crippen LogP contribution in [0.1, 0.15) is 41.2 Å². The van der Waals surface area contributed by atoms with E-state index in [1.165, 1.54) is 0 Å². The van der Waals surface area contributed by atoms with Gasteiger partial charge in [-0.25, -0.2) is 0 Å². The Morgan fingerprint density at radius 3 is 1.97 bits per heavy atom. The molecule has 0 radical (unpaired) electrons. The standard InChI is InChI=1S/C23H30N2O4/c1-25(2)21(17-8-12-19(28-3)13-9-17)16-24-23(27)7-5-6-22(26)18-10-14-20(29-4)15-11-18/h8-15,21H,5-7,16H2,1-4H3,(H,24,27). The van der Waals surface area contributed by atoms with Gasteiger partial charge < -0.3 is 19.7 Å². The summed E-state index contributed by atoms with van der Waals surface area (Å²) in [5, 5.41) is 2.98. The maximum Gasteiger partial charge on any atom is 0.220 e. The molecule has 0 spiro atoms. The number of Topliss-reactive ketones (excluding diaryl/α,β-unsaturated/α-hetero) is 1. The number of ether oxygens (including phenoxy) is 2. The highest BCUT2D eigenvalue weighted by atomic mass is 16.5. The van der Waals surface area contributed by atoms with Gasteiger partial charge in [-0.2, -0.15) is 0 Å². The number of nitrogens with zero attached hydrogens (tertiary/aromatic N) is 1. The predicted molar refractivity (Wildman–Crippen MR) is 114 cm³/mol. The monoisotopic (exact) mass is 398 g/mol. The molecule has 1 N–H and O–H groups in total. The Kier molecular flexibility index (Phi) is 8.68. The molecule has 1 atom stereocenters. The summed E-state index contributed by atoms with van der Waals surface area (Å²) in [5.74, 6) is 1.50. The van der Waals surface area contributed by atoms with Crippen molar-refractivity contribution in [1.29, 1.82) is 0 Å². The van der Waals surface area contributed by atoms with Crippen LogP contribution >= 0.6 is 0 Å². The normalized spacial score (nSPS) is 11.8. The summed E-state index contributed by atoms with van der Waals surface area (Å²) < 4.78 is 10.3. The molecule has 1 unspecified atom stereocenters. The van der Waals surface area contributed by atoms with Gasteiger partial charge in [-0.1, -0.05) is 12.1 Å². The zero-order valence-electron chi connectivity index (χ0n) is 17.6. The van der Waals surface area contributed by atoms with Crippen LogP contribution in [-0.4, -0.2) is 51.5 Å². The van der Waals surface area contributed by atoms with Gasteiger partial charge in [0.1, 0.15) is 11.5 Å². The number of methoxy groups -OCH3 is 2. The fraction of sp³-hybridized carbons (Fsp3) is 0.391.